The molecule has 0 spiro atoms. The molecule has 1 aromatic rings. The molecule has 0 bridgehead atoms. The molecule has 0 radical (unpaired) electrons. The highest BCUT2D eigenvalue weighted by Gasteiger charge is 2.35. The standard InChI is InChI=1S/C15H24N4O2/c1-2-3-7-17-15(21)13-5-6-14(20)19(13)10-4-9-18-11-8-16-12-18/h8,11-13H,2-7,9-10H2,1H3,(H,17,21). The lowest BCUT2D eigenvalue weighted by Crippen LogP contribution is -2.45. The van der Waals surface area contributed by atoms with E-state index in [-0.39, 0.29) is 17.9 Å². The molecule has 6 heteroatoms. The average molecular weight is 292 g/mol. The van der Waals surface area contributed by atoms with Gasteiger partial charge in [-0.2, -0.15) is 0 Å². The number of rotatable bonds is 8. The predicted octanol–water partition coefficient (Wildman–Crippen LogP) is 1.18. The van der Waals surface area contributed by atoms with E-state index in [1.165, 1.54) is 0 Å². The van der Waals surface area contributed by atoms with Gasteiger partial charge in [0, 0.05) is 38.4 Å². The number of likely N-dealkylation sites (tertiary alicyclic amines) is 1. The Morgan fingerprint density at radius 2 is 2.29 bits per heavy atom. The van der Waals surface area contributed by atoms with Crippen LogP contribution < -0.4 is 5.32 Å². The molecule has 1 aromatic heterocycles. The highest BCUT2D eigenvalue weighted by molar-refractivity contribution is 5.90. The summed E-state index contributed by atoms with van der Waals surface area (Å²) in [4.78, 5) is 29.8. The maximum atomic E-state index is 12.1. The molecule has 0 saturated carbocycles. The van der Waals surface area contributed by atoms with Crippen LogP contribution in [0.5, 0.6) is 0 Å². The monoisotopic (exact) mass is 292 g/mol. The number of imidazole rings is 1. The number of hydrogen-bond donors (Lipinski definition) is 1. The van der Waals surface area contributed by atoms with E-state index in [2.05, 4.69) is 17.2 Å². The Hall–Kier alpha value is -1.85. The van der Waals surface area contributed by atoms with Crippen LogP contribution >= 0.6 is 0 Å². The van der Waals surface area contributed by atoms with Gasteiger partial charge in [0.1, 0.15) is 6.04 Å². The van der Waals surface area contributed by atoms with E-state index in [4.69, 9.17) is 0 Å². The summed E-state index contributed by atoms with van der Waals surface area (Å²) in [7, 11) is 0. The van der Waals surface area contributed by atoms with Crippen molar-refractivity contribution in [3.8, 4) is 0 Å². The second-order valence-electron chi connectivity index (χ2n) is 5.44. The Morgan fingerprint density at radius 1 is 1.43 bits per heavy atom. The van der Waals surface area contributed by atoms with Gasteiger partial charge in [-0.25, -0.2) is 4.98 Å². The van der Waals surface area contributed by atoms with Gasteiger partial charge in [-0.15, -0.1) is 0 Å². The first-order valence-electron chi connectivity index (χ1n) is 7.75. The summed E-state index contributed by atoms with van der Waals surface area (Å²) in [5, 5.41) is 2.93. The van der Waals surface area contributed by atoms with E-state index < -0.39 is 0 Å². The van der Waals surface area contributed by atoms with Gasteiger partial charge < -0.3 is 14.8 Å². The zero-order valence-corrected chi connectivity index (χ0v) is 12.6. The van der Waals surface area contributed by atoms with E-state index in [1.54, 1.807) is 17.4 Å². The highest BCUT2D eigenvalue weighted by Crippen LogP contribution is 2.19. The SMILES string of the molecule is CCCCNC(=O)C1CCC(=O)N1CCCn1ccnc1. The number of nitrogens with one attached hydrogen (secondary N) is 1. The fraction of sp³-hybridized carbons (Fsp3) is 0.667. The molecule has 1 aliphatic heterocycles. The molecule has 1 N–H and O–H groups in total. The van der Waals surface area contributed by atoms with Crippen molar-refractivity contribution < 1.29 is 9.59 Å². The Morgan fingerprint density at radius 3 is 3.00 bits per heavy atom. The largest absolute Gasteiger partial charge is 0.354 e. The van der Waals surface area contributed by atoms with Crippen LogP contribution in [0.25, 0.3) is 0 Å². The van der Waals surface area contributed by atoms with Crippen molar-refractivity contribution in [1.82, 2.24) is 19.8 Å². The van der Waals surface area contributed by atoms with Gasteiger partial charge in [0.25, 0.3) is 0 Å². The number of hydrogen-bond acceptors (Lipinski definition) is 3. The van der Waals surface area contributed by atoms with Crippen molar-refractivity contribution in [2.75, 3.05) is 13.1 Å². The lowest BCUT2D eigenvalue weighted by molar-refractivity contribution is -0.135. The summed E-state index contributed by atoms with van der Waals surface area (Å²) in [5.74, 6) is 0.0909. The first-order valence-corrected chi connectivity index (χ1v) is 7.75. The van der Waals surface area contributed by atoms with Gasteiger partial charge >= 0.3 is 0 Å². The van der Waals surface area contributed by atoms with Crippen molar-refractivity contribution in [2.45, 2.75) is 51.6 Å². The van der Waals surface area contributed by atoms with Crippen molar-refractivity contribution in [3.05, 3.63) is 18.7 Å². The summed E-state index contributed by atoms with van der Waals surface area (Å²) in [6.45, 7) is 4.23. The van der Waals surface area contributed by atoms with Gasteiger partial charge in [-0.1, -0.05) is 13.3 Å². The molecule has 2 heterocycles. The van der Waals surface area contributed by atoms with Gasteiger partial charge in [0.2, 0.25) is 11.8 Å². The number of nitrogens with zero attached hydrogens (tertiary/aromatic N) is 3. The Kier molecular flexibility index (Phi) is 5.78. The van der Waals surface area contributed by atoms with Crippen LogP contribution in [0.1, 0.15) is 39.0 Å². The number of carbonyl (C=O) groups is 2. The third-order valence-electron chi connectivity index (χ3n) is 3.83. The number of carbonyl (C=O) groups excluding carboxylic acids is 2. The molecule has 2 rings (SSSR count). The molecule has 21 heavy (non-hydrogen) atoms. The zero-order chi connectivity index (χ0) is 15.1. The van der Waals surface area contributed by atoms with Crippen molar-refractivity contribution in [2.24, 2.45) is 0 Å². The molecule has 0 aliphatic carbocycles. The molecule has 1 atom stereocenters. The second-order valence-corrected chi connectivity index (χ2v) is 5.44. The van der Waals surface area contributed by atoms with Gasteiger partial charge in [0.15, 0.2) is 0 Å². The summed E-state index contributed by atoms with van der Waals surface area (Å²) >= 11 is 0. The fourth-order valence-electron chi connectivity index (χ4n) is 2.64. The van der Waals surface area contributed by atoms with Crippen molar-refractivity contribution in [1.29, 1.82) is 0 Å². The smallest absolute Gasteiger partial charge is 0.242 e. The fourth-order valence-corrected chi connectivity index (χ4v) is 2.64. The van der Waals surface area contributed by atoms with Crippen molar-refractivity contribution >= 4 is 11.8 Å². The first-order chi connectivity index (χ1) is 10.2. The molecule has 1 saturated heterocycles. The van der Waals surface area contributed by atoms with Crippen LogP contribution in [0.4, 0.5) is 0 Å². The first kappa shape index (κ1) is 15.5. The lowest BCUT2D eigenvalue weighted by Gasteiger charge is -2.24. The van der Waals surface area contributed by atoms with E-state index in [1.807, 2.05) is 10.8 Å². The van der Waals surface area contributed by atoms with E-state index in [9.17, 15) is 9.59 Å². The van der Waals surface area contributed by atoms with Crippen LogP contribution in [-0.4, -0.2) is 45.4 Å². The van der Waals surface area contributed by atoms with Gasteiger partial charge in [-0.3, -0.25) is 9.59 Å². The molecule has 116 valence electrons. The van der Waals surface area contributed by atoms with E-state index >= 15 is 0 Å². The van der Waals surface area contributed by atoms with Crippen LogP contribution in [0, 0.1) is 0 Å². The van der Waals surface area contributed by atoms with Crippen LogP contribution in [0.3, 0.4) is 0 Å². The quantitative estimate of drug-likeness (QED) is 0.732. The number of aromatic nitrogens is 2. The summed E-state index contributed by atoms with van der Waals surface area (Å²) in [5.41, 5.74) is 0. The molecule has 1 unspecified atom stereocenters. The summed E-state index contributed by atoms with van der Waals surface area (Å²) in [6, 6.07) is -0.280. The number of aryl methyl sites for hydroxylation is 1. The minimum absolute atomic E-state index is 0.00284. The second kappa shape index (κ2) is 7.81. The maximum Gasteiger partial charge on any atom is 0.242 e. The number of unbranched alkanes of at least 4 members (excludes halogenated alkanes) is 1. The summed E-state index contributed by atoms with van der Waals surface area (Å²) in [6.07, 6.45) is 9.40. The minimum Gasteiger partial charge on any atom is -0.354 e. The Bertz CT molecular complexity index is 458. The van der Waals surface area contributed by atoms with Gasteiger partial charge in [0.05, 0.1) is 6.33 Å². The maximum absolute atomic E-state index is 12.1. The molecule has 6 nitrogen and oxygen atoms in total. The van der Waals surface area contributed by atoms with Crippen LogP contribution in [0.15, 0.2) is 18.7 Å². The predicted molar refractivity (Wildman–Crippen MR) is 79.5 cm³/mol. The average Bonchev–Trinajstić information content (AvgIpc) is 3.10. The van der Waals surface area contributed by atoms with Crippen LogP contribution in [-0.2, 0) is 16.1 Å². The van der Waals surface area contributed by atoms with Gasteiger partial charge in [-0.05, 0) is 19.3 Å². The molecular formula is C15H24N4O2. The molecule has 1 fully saturated rings. The number of amides is 2. The van der Waals surface area contributed by atoms with E-state index in [0.717, 1.165) is 25.8 Å². The normalized spacial score (nSPS) is 18.2. The highest BCUT2D eigenvalue weighted by atomic mass is 16.2. The zero-order valence-electron chi connectivity index (χ0n) is 12.6. The van der Waals surface area contributed by atoms with Crippen LogP contribution in [0.2, 0.25) is 0 Å². The third kappa shape index (κ3) is 4.31. The third-order valence-corrected chi connectivity index (χ3v) is 3.83. The molecule has 0 aromatic carbocycles. The molecular weight excluding hydrogens is 268 g/mol. The Labute approximate surface area is 125 Å². The summed E-state index contributed by atoms with van der Waals surface area (Å²) < 4.78 is 1.98. The van der Waals surface area contributed by atoms with Crippen molar-refractivity contribution in [3.63, 3.8) is 0 Å². The molecule has 2 amide bonds. The lowest BCUT2D eigenvalue weighted by atomic mass is 10.2. The van der Waals surface area contributed by atoms with E-state index in [0.29, 0.717) is 25.9 Å². The minimum atomic E-state index is -0.280. The Balaban J connectivity index is 1.80. The molecule has 1 aliphatic rings. The topological polar surface area (TPSA) is 67.2 Å².